The second-order valence-corrected chi connectivity index (χ2v) is 9.14. The van der Waals surface area contributed by atoms with Gasteiger partial charge in [0, 0.05) is 23.4 Å². The summed E-state index contributed by atoms with van der Waals surface area (Å²) in [7, 11) is -2.00. The SMILES string of the molecule is COC(CNS(=O)(=O)c1c(C)c(C)cc(C)c1C)c1ccc(C)s1. The topological polar surface area (TPSA) is 55.4 Å². The van der Waals surface area contributed by atoms with Crippen LogP contribution in [0.2, 0.25) is 0 Å². The summed E-state index contributed by atoms with van der Waals surface area (Å²) < 4.78 is 33.9. The van der Waals surface area contributed by atoms with E-state index in [0.29, 0.717) is 4.90 Å². The maximum atomic E-state index is 12.9. The average molecular weight is 368 g/mol. The molecule has 0 fully saturated rings. The molecule has 1 aromatic carbocycles. The molecule has 0 aliphatic heterocycles. The fraction of sp³-hybridized carbons (Fsp3) is 0.444. The molecule has 0 aliphatic rings. The Bertz CT molecular complexity index is 812. The van der Waals surface area contributed by atoms with E-state index < -0.39 is 10.0 Å². The van der Waals surface area contributed by atoms with Crippen LogP contribution in [0.1, 0.15) is 38.1 Å². The molecule has 0 radical (unpaired) electrons. The van der Waals surface area contributed by atoms with E-state index in [-0.39, 0.29) is 12.6 Å². The lowest BCUT2D eigenvalue weighted by molar-refractivity contribution is 0.110. The molecular formula is C18H25NO3S2. The zero-order valence-corrected chi connectivity index (χ0v) is 16.7. The third-order valence-electron chi connectivity index (χ3n) is 4.39. The summed E-state index contributed by atoms with van der Waals surface area (Å²) >= 11 is 1.62. The van der Waals surface area contributed by atoms with Gasteiger partial charge >= 0.3 is 0 Å². The summed E-state index contributed by atoms with van der Waals surface area (Å²) in [6.45, 7) is 9.82. The van der Waals surface area contributed by atoms with Crippen molar-refractivity contribution >= 4 is 21.4 Å². The first-order chi connectivity index (χ1) is 11.2. The van der Waals surface area contributed by atoms with Gasteiger partial charge in [-0.05, 0) is 69.0 Å². The number of ether oxygens (including phenoxy) is 1. The Balaban J connectivity index is 2.29. The lowest BCUT2D eigenvalue weighted by Crippen LogP contribution is -2.30. The molecular weight excluding hydrogens is 342 g/mol. The Morgan fingerprint density at radius 2 is 1.67 bits per heavy atom. The fourth-order valence-electron chi connectivity index (χ4n) is 2.77. The van der Waals surface area contributed by atoms with Gasteiger partial charge in [0.15, 0.2) is 0 Å². The molecule has 2 rings (SSSR count). The zero-order valence-electron chi connectivity index (χ0n) is 15.1. The molecule has 1 unspecified atom stereocenters. The number of rotatable bonds is 6. The number of aryl methyl sites for hydroxylation is 3. The highest BCUT2D eigenvalue weighted by Crippen LogP contribution is 2.28. The van der Waals surface area contributed by atoms with Crippen LogP contribution in [0, 0.1) is 34.6 Å². The minimum Gasteiger partial charge on any atom is -0.375 e. The van der Waals surface area contributed by atoms with Gasteiger partial charge in [0.25, 0.3) is 0 Å². The van der Waals surface area contributed by atoms with E-state index in [9.17, 15) is 8.42 Å². The summed E-state index contributed by atoms with van der Waals surface area (Å²) in [5, 5.41) is 0. The van der Waals surface area contributed by atoms with Gasteiger partial charge in [0.1, 0.15) is 6.10 Å². The predicted octanol–water partition coefficient (Wildman–Crippen LogP) is 3.96. The van der Waals surface area contributed by atoms with Crippen molar-refractivity contribution in [1.82, 2.24) is 4.72 Å². The first-order valence-electron chi connectivity index (χ1n) is 7.83. The van der Waals surface area contributed by atoms with E-state index in [1.165, 1.54) is 4.88 Å². The number of sulfonamides is 1. The van der Waals surface area contributed by atoms with Crippen LogP contribution in [0.3, 0.4) is 0 Å². The second-order valence-electron chi connectivity index (χ2n) is 6.11. The predicted molar refractivity (Wildman–Crippen MR) is 99.4 cm³/mol. The van der Waals surface area contributed by atoms with E-state index in [1.54, 1.807) is 18.4 Å². The summed E-state index contributed by atoms with van der Waals surface area (Å²) in [6.07, 6.45) is -0.287. The van der Waals surface area contributed by atoms with Crippen LogP contribution < -0.4 is 4.72 Å². The minimum absolute atomic E-state index is 0.213. The van der Waals surface area contributed by atoms with Crippen LogP contribution in [0.15, 0.2) is 23.1 Å². The molecule has 1 heterocycles. The van der Waals surface area contributed by atoms with Crippen molar-refractivity contribution in [3.63, 3.8) is 0 Å². The molecule has 1 N–H and O–H groups in total. The molecule has 24 heavy (non-hydrogen) atoms. The van der Waals surface area contributed by atoms with E-state index in [1.807, 2.05) is 52.8 Å². The van der Waals surface area contributed by atoms with Crippen molar-refractivity contribution < 1.29 is 13.2 Å². The molecule has 0 spiro atoms. The Kier molecular flexibility index (Phi) is 5.86. The average Bonchev–Trinajstić information content (AvgIpc) is 2.92. The lowest BCUT2D eigenvalue weighted by Gasteiger charge is -2.18. The summed E-state index contributed by atoms with van der Waals surface area (Å²) in [6, 6.07) is 6.02. The maximum Gasteiger partial charge on any atom is 0.241 e. The van der Waals surface area contributed by atoms with Crippen molar-refractivity contribution in [2.24, 2.45) is 0 Å². The number of hydrogen-bond donors (Lipinski definition) is 1. The van der Waals surface area contributed by atoms with Gasteiger partial charge in [-0.25, -0.2) is 13.1 Å². The van der Waals surface area contributed by atoms with E-state index in [4.69, 9.17) is 4.74 Å². The van der Waals surface area contributed by atoms with Gasteiger partial charge < -0.3 is 4.74 Å². The first kappa shape index (κ1) is 19.1. The molecule has 132 valence electrons. The molecule has 1 atom stereocenters. The lowest BCUT2D eigenvalue weighted by atomic mass is 10.0. The largest absolute Gasteiger partial charge is 0.375 e. The first-order valence-corrected chi connectivity index (χ1v) is 10.1. The minimum atomic E-state index is -3.60. The molecule has 0 saturated carbocycles. The quantitative estimate of drug-likeness (QED) is 0.841. The van der Waals surface area contributed by atoms with Gasteiger partial charge in [-0.15, -0.1) is 11.3 Å². The molecule has 0 aliphatic carbocycles. The smallest absolute Gasteiger partial charge is 0.241 e. The van der Waals surface area contributed by atoms with Crippen molar-refractivity contribution in [3.05, 3.63) is 50.2 Å². The number of thiophene rings is 1. The van der Waals surface area contributed by atoms with Crippen LogP contribution in [-0.4, -0.2) is 22.1 Å². The number of hydrogen-bond acceptors (Lipinski definition) is 4. The van der Waals surface area contributed by atoms with Crippen LogP contribution >= 0.6 is 11.3 Å². The number of methoxy groups -OCH3 is 1. The van der Waals surface area contributed by atoms with Crippen molar-refractivity contribution in [1.29, 1.82) is 0 Å². The number of nitrogens with one attached hydrogen (secondary N) is 1. The third-order valence-corrected chi connectivity index (χ3v) is 7.18. The van der Waals surface area contributed by atoms with Crippen LogP contribution in [-0.2, 0) is 14.8 Å². The molecule has 4 nitrogen and oxygen atoms in total. The molecule has 0 saturated heterocycles. The Labute approximate surface area is 148 Å². The molecule has 0 bridgehead atoms. The van der Waals surface area contributed by atoms with Gasteiger partial charge in [-0.2, -0.15) is 0 Å². The molecule has 6 heteroatoms. The standard InChI is InChI=1S/C18H25NO3S2/c1-11-9-12(2)15(5)18(14(11)4)24(20,21)19-10-16(22-6)17-8-7-13(3)23-17/h7-9,16,19H,10H2,1-6H3. The normalized spacial score (nSPS) is 13.2. The molecule has 0 amide bonds. The highest BCUT2D eigenvalue weighted by atomic mass is 32.2. The van der Waals surface area contributed by atoms with Crippen molar-refractivity contribution in [3.8, 4) is 0 Å². The second kappa shape index (κ2) is 7.35. The Morgan fingerprint density at radius 3 is 2.12 bits per heavy atom. The van der Waals surface area contributed by atoms with E-state index >= 15 is 0 Å². The van der Waals surface area contributed by atoms with E-state index in [2.05, 4.69) is 4.72 Å². The summed E-state index contributed by atoms with van der Waals surface area (Å²) in [5.74, 6) is 0. The summed E-state index contributed by atoms with van der Waals surface area (Å²) in [4.78, 5) is 2.58. The van der Waals surface area contributed by atoms with Crippen LogP contribution in [0.25, 0.3) is 0 Å². The molecule has 1 aromatic heterocycles. The van der Waals surface area contributed by atoms with Crippen molar-refractivity contribution in [2.45, 2.75) is 45.6 Å². The third kappa shape index (κ3) is 3.88. The van der Waals surface area contributed by atoms with Gasteiger partial charge in [0.2, 0.25) is 10.0 Å². The molecule has 2 aromatic rings. The summed E-state index contributed by atoms with van der Waals surface area (Å²) in [5.41, 5.74) is 3.56. The zero-order chi connectivity index (χ0) is 18.1. The Morgan fingerprint density at radius 1 is 1.08 bits per heavy atom. The van der Waals surface area contributed by atoms with Crippen molar-refractivity contribution in [2.75, 3.05) is 13.7 Å². The highest BCUT2D eigenvalue weighted by molar-refractivity contribution is 7.89. The highest BCUT2D eigenvalue weighted by Gasteiger charge is 2.24. The Hall–Kier alpha value is -1.21. The monoisotopic (exact) mass is 367 g/mol. The van der Waals surface area contributed by atoms with Gasteiger partial charge in [0.05, 0.1) is 4.90 Å². The maximum absolute atomic E-state index is 12.9. The van der Waals surface area contributed by atoms with Crippen LogP contribution in [0.4, 0.5) is 0 Å². The van der Waals surface area contributed by atoms with Crippen LogP contribution in [0.5, 0.6) is 0 Å². The number of benzene rings is 1. The van der Waals surface area contributed by atoms with E-state index in [0.717, 1.165) is 27.1 Å². The fourth-order valence-corrected chi connectivity index (χ4v) is 5.37. The van der Waals surface area contributed by atoms with Gasteiger partial charge in [-0.1, -0.05) is 6.07 Å². The van der Waals surface area contributed by atoms with Gasteiger partial charge in [-0.3, -0.25) is 0 Å².